The Morgan fingerprint density at radius 1 is 1.41 bits per heavy atom. The Labute approximate surface area is 105 Å². The van der Waals surface area contributed by atoms with Crippen LogP contribution in [-0.4, -0.2) is 19.1 Å². The molecule has 1 rings (SSSR count). The van der Waals surface area contributed by atoms with E-state index in [2.05, 4.69) is 6.92 Å². The lowest BCUT2D eigenvalue weighted by atomic mass is 9.66. The molecule has 0 bridgehead atoms. The van der Waals surface area contributed by atoms with Crippen LogP contribution >= 0.6 is 0 Å². The Bertz CT molecular complexity index is 255. The monoisotopic (exact) mass is 241 g/mol. The summed E-state index contributed by atoms with van der Waals surface area (Å²) in [7, 11) is 0. The molecule has 1 aliphatic carbocycles. The molecule has 17 heavy (non-hydrogen) atoms. The van der Waals surface area contributed by atoms with E-state index < -0.39 is 5.41 Å². The molecule has 1 fully saturated rings. The van der Waals surface area contributed by atoms with Crippen molar-refractivity contribution in [2.75, 3.05) is 13.2 Å². The van der Waals surface area contributed by atoms with E-state index in [0.717, 1.165) is 18.8 Å². The Morgan fingerprint density at radius 2 is 2.12 bits per heavy atom. The second-order valence-corrected chi connectivity index (χ2v) is 5.48. The van der Waals surface area contributed by atoms with Gasteiger partial charge in [0.1, 0.15) is 0 Å². The van der Waals surface area contributed by atoms with Gasteiger partial charge < -0.3 is 10.5 Å². The average Bonchev–Trinajstić information content (AvgIpc) is 2.38. The van der Waals surface area contributed by atoms with E-state index in [1.165, 1.54) is 19.3 Å². The zero-order valence-electron chi connectivity index (χ0n) is 11.5. The van der Waals surface area contributed by atoms with Crippen LogP contribution in [-0.2, 0) is 9.53 Å². The van der Waals surface area contributed by atoms with E-state index in [9.17, 15) is 4.79 Å². The van der Waals surface area contributed by atoms with E-state index >= 15 is 0 Å². The molecule has 0 spiro atoms. The molecule has 1 aliphatic rings. The van der Waals surface area contributed by atoms with E-state index in [-0.39, 0.29) is 5.97 Å². The van der Waals surface area contributed by atoms with Crippen LogP contribution in [0.2, 0.25) is 0 Å². The van der Waals surface area contributed by atoms with Crippen LogP contribution in [0.1, 0.15) is 52.9 Å². The largest absolute Gasteiger partial charge is 0.466 e. The van der Waals surface area contributed by atoms with Crippen molar-refractivity contribution in [2.45, 2.75) is 52.9 Å². The topological polar surface area (TPSA) is 52.3 Å². The normalized spacial score (nSPS) is 28.5. The third-order valence-corrected chi connectivity index (χ3v) is 4.43. The first-order chi connectivity index (χ1) is 8.08. The van der Waals surface area contributed by atoms with Crippen molar-refractivity contribution in [3.63, 3.8) is 0 Å². The molecular formula is C14H27NO2. The molecule has 0 heterocycles. The van der Waals surface area contributed by atoms with Crippen molar-refractivity contribution in [1.29, 1.82) is 0 Å². The van der Waals surface area contributed by atoms with E-state index in [1.54, 1.807) is 0 Å². The summed E-state index contributed by atoms with van der Waals surface area (Å²) in [6.45, 7) is 6.90. The first-order valence-electron chi connectivity index (χ1n) is 6.95. The van der Waals surface area contributed by atoms with Gasteiger partial charge in [-0.2, -0.15) is 0 Å². The summed E-state index contributed by atoms with van der Waals surface area (Å²) in [5.74, 6) is 1.04. The van der Waals surface area contributed by atoms with Crippen molar-refractivity contribution >= 4 is 5.97 Å². The van der Waals surface area contributed by atoms with Crippen LogP contribution in [0, 0.1) is 17.3 Å². The Hall–Kier alpha value is -0.570. The van der Waals surface area contributed by atoms with Gasteiger partial charge in [0.25, 0.3) is 0 Å². The van der Waals surface area contributed by atoms with Crippen molar-refractivity contribution in [3.8, 4) is 0 Å². The lowest BCUT2D eigenvalue weighted by Gasteiger charge is -2.39. The third-order valence-electron chi connectivity index (χ3n) is 4.43. The molecule has 0 amide bonds. The molecule has 0 saturated heterocycles. The number of hydrogen-bond acceptors (Lipinski definition) is 3. The molecule has 1 saturated carbocycles. The van der Waals surface area contributed by atoms with Crippen LogP contribution in [0.4, 0.5) is 0 Å². The molecule has 0 aromatic heterocycles. The zero-order chi connectivity index (χ0) is 12.9. The van der Waals surface area contributed by atoms with E-state index in [0.29, 0.717) is 19.1 Å². The summed E-state index contributed by atoms with van der Waals surface area (Å²) >= 11 is 0. The van der Waals surface area contributed by atoms with Gasteiger partial charge in [0.15, 0.2) is 0 Å². The SMILES string of the molecule is CCOC(=O)C(C)(CN)C1CCCC(CC)C1. The summed E-state index contributed by atoms with van der Waals surface area (Å²) in [5, 5.41) is 0. The number of nitrogens with two attached hydrogens (primary N) is 1. The molecule has 0 aromatic carbocycles. The lowest BCUT2D eigenvalue weighted by molar-refractivity contribution is -0.158. The maximum Gasteiger partial charge on any atom is 0.313 e. The van der Waals surface area contributed by atoms with Crippen LogP contribution < -0.4 is 5.73 Å². The second kappa shape index (κ2) is 6.39. The maximum absolute atomic E-state index is 12.1. The molecule has 100 valence electrons. The smallest absolute Gasteiger partial charge is 0.313 e. The number of ether oxygens (including phenoxy) is 1. The minimum Gasteiger partial charge on any atom is -0.466 e. The number of hydrogen-bond donors (Lipinski definition) is 1. The third kappa shape index (κ3) is 3.21. The fraction of sp³-hybridized carbons (Fsp3) is 0.929. The van der Waals surface area contributed by atoms with Gasteiger partial charge in [0, 0.05) is 6.54 Å². The van der Waals surface area contributed by atoms with Crippen LogP contribution in [0.5, 0.6) is 0 Å². The van der Waals surface area contributed by atoms with E-state index in [4.69, 9.17) is 10.5 Å². The molecule has 3 unspecified atom stereocenters. The van der Waals surface area contributed by atoms with E-state index in [1.807, 2.05) is 13.8 Å². The quantitative estimate of drug-likeness (QED) is 0.753. The van der Waals surface area contributed by atoms with Gasteiger partial charge in [-0.15, -0.1) is 0 Å². The number of carbonyl (C=O) groups excluding carboxylic acids is 1. The van der Waals surface area contributed by atoms with Crippen LogP contribution in [0.15, 0.2) is 0 Å². The zero-order valence-corrected chi connectivity index (χ0v) is 11.5. The van der Waals surface area contributed by atoms with Gasteiger partial charge in [-0.3, -0.25) is 4.79 Å². The summed E-state index contributed by atoms with van der Waals surface area (Å²) in [6, 6.07) is 0. The first-order valence-corrected chi connectivity index (χ1v) is 6.95. The Balaban J connectivity index is 2.74. The highest BCUT2D eigenvalue weighted by atomic mass is 16.5. The van der Waals surface area contributed by atoms with Gasteiger partial charge >= 0.3 is 5.97 Å². The van der Waals surface area contributed by atoms with Crippen molar-refractivity contribution < 1.29 is 9.53 Å². The molecule has 3 heteroatoms. The Morgan fingerprint density at radius 3 is 2.65 bits per heavy atom. The van der Waals surface area contributed by atoms with Gasteiger partial charge in [-0.25, -0.2) is 0 Å². The maximum atomic E-state index is 12.1. The van der Waals surface area contributed by atoms with Crippen LogP contribution in [0.25, 0.3) is 0 Å². The van der Waals surface area contributed by atoms with Crippen molar-refractivity contribution in [1.82, 2.24) is 0 Å². The second-order valence-electron chi connectivity index (χ2n) is 5.48. The number of esters is 1. The van der Waals surface area contributed by atoms with Gasteiger partial charge in [0.05, 0.1) is 12.0 Å². The molecule has 0 radical (unpaired) electrons. The summed E-state index contributed by atoms with van der Waals surface area (Å²) in [5.41, 5.74) is 5.37. The van der Waals surface area contributed by atoms with Crippen molar-refractivity contribution in [3.05, 3.63) is 0 Å². The molecule has 3 nitrogen and oxygen atoms in total. The summed E-state index contributed by atoms with van der Waals surface area (Å²) < 4.78 is 5.20. The highest BCUT2D eigenvalue weighted by Gasteiger charge is 2.43. The molecule has 3 atom stereocenters. The average molecular weight is 241 g/mol. The minimum absolute atomic E-state index is 0.107. The molecular weight excluding hydrogens is 214 g/mol. The minimum atomic E-state index is -0.482. The molecule has 0 aliphatic heterocycles. The fourth-order valence-corrected chi connectivity index (χ4v) is 2.95. The number of carbonyl (C=O) groups is 1. The molecule has 0 aromatic rings. The van der Waals surface area contributed by atoms with Crippen LogP contribution in [0.3, 0.4) is 0 Å². The first kappa shape index (κ1) is 14.5. The van der Waals surface area contributed by atoms with Crippen molar-refractivity contribution in [2.24, 2.45) is 23.0 Å². The summed E-state index contributed by atoms with van der Waals surface area (Å²) in [6.07, 6.45) is 5.97. The van der Waals surface area contributed by atoms with Gasteiger partial charge in [-0.1, -0.05) is 26.2 Å². The standard InChI is InChI=1S/C14H27NO2/c1-4-11-7-6-8-12(9-11)14(3,10-15)13(16)17-5-2/h11-12H,4-10,15H2,1-3H3. The van der Waals surface area contributed by atoms with Gasteiger partial charge in [0.2, 0.25) is 0 Å². The fourth-order valence-electron chi connectivity index (χ4n) is 2.95. The molecule has 2 N–H and O–H groups in total. The lowest BCUT2D eigenvalue weighted by Crippen LogP contribution is -2.45. The highest BCUT2D eigenvalue weighted by Crippen LogP contribution is 2.42. The predicted octanol–water partition coefficient (Wildman–Crippen LogP) is 2.73. The number of rotatable bonds is 5. The van der Waals surface area contributed by atoms with Gasteiger partial charge in [-0.05, 0) is 38.5 Å². The predicted molar refractivity (Wildman–Crippen MR) is 69.5 cm³/mol. The Kier molecular flexibility index (Phi) is 5.44. The summed E-state index contributed by atoms with van der Waals surface area (Å²) in [4.78, 5) is 12.1. The highest BCUT2D eigenvalue weighted by molar-refractivity contribution is 5.77.